The normalized spacial score (nSPS) is 22.0. The maximum Gasteiger partial charge on any atom is 0.246 e. The van der Waals surface area contributed by atoms with Gasteiger partial charge in [0, 0.05) is 34.3 Å². The molecule has 0 radical (unpaired) electrons. The van der Waals surface area contributed by atoms with Gasteiger partial charge in [-0.15, -0.1) is 10.2 Å². The summed E-state index contributed by atoms with van der Waals surface area (Å²) in [7, 11) is 0. The van der Waals surface area contributed by atoms with Crippen LogP contribution in [0.2, 0.25) is 30.1 Å². The number of aliphatic hydroxyl groups is 4. The molecule has 8 aromatic rings. The van der Waals surface area contributed by atoms with E-state index in [4.69, 9.17) is 88.6 Å². The highest BCUT2D eigenvalue weighted by Gasteiger charge is 2.52. The zero-order valence-corrected chi connectivity index (χ0v) is 51.0. The number of nitrogens with zero attached hydrogens (tertiary/aromatic N) is 12. The summed E-state index contributed by atoms with van der Waals surface area (Å²) < 4.78 is 88.7. The maximum atomic E-state index is 14.6. The van der Waals surface area contributed by atoms with E-state index in [1.54, 1.807) is 26.0 Å². The standard InChI is InChI=1S/C55H52Cl6F4N14O10/c1-24-68-54(78(72-24)38-16-28(56)6-8-30(38)58)52-50(46(48(84)40(20-80)88-52)76-18-36(70-74-76)26-12-32(62)44(60)33(63)13-26)86-22-42(82)66-10-4-3-5-11-67-43(83)23-87-51-47(77-19-37(71-75-77)27-14-34(64)45(61)35(65)15-27)49(85)41(21-81)89-53(51)55-69-25(2)73-79(55)39-17-29(57)7-9-31(39)59/h6-9,12-19,40-41,46-53,80-81,84-85H,3-5,10-11,20-23H2,1-2H3,(H,66,82)(H,67,83). The van der Waals surface area contributed by atoms with E-state index >= 15 is 0 Å². The molecule has 10 unspecified atom stereocenters. The summed E-state index contributed by atoms with van der Waals surface area (Å²) in [6.07, 6.45) is -7.39. The Hall–Kier alpha value is -6.48. The molecule has 10 rings (SSSR count). The van der Waals surface area contributed by atoms with Gasteiger partial charge < -0.3 is 50.0 Å². The number of unbranched alkanes of at least 4 members (excludes halogenated alkanes) is 2. The summed E-state index contributed by atoms with van der Waals surface area (Å²) in [5, 5.41) is 75.3. The molecule has 34 heteroatoms. The fourth-order valence-electron chi connectivity index (χ4n) is 10.3. The molecular weight excluding hydrogens is 1310 g/mol. The Balaban J connectivity index is 0.803. The molecule has 2 amide bonds. The monoisotopic (exact) mass is 1350 g/mol. The minimum Gasteiger partial charge on any atom is -0.394 e. The first kappa shape index (κ1) is 65.5. The molecule has 4 aromatic carbocycles. The molecule has 6 heterocycles. The quantitative estimate of drug-likeness (QED) is 0.0219. The number of amides is 2. The van der Waals surface area contributed by atoms with Crippen molar-refractivity contribution in [2.24, 2.45) is 0 Å². The second-order valence-electron chi connectivity index (χ2n) is 20.6. The van der Waals surface area contributed by atoms with Crippen LogP contribution < -0.4 is 10.6 Å². The predicted octanol–water partition coefficient (Wildman–Crippen LogP) is 7.40. The van der Waals surface area contributed by atoms with Gasteiger partial charge in [-0.2, -0.15) is 10.2 Å². The fourth-order valence-corrected chi connectivity index (χ4v) is 11.3. The number of rotatable bonds is 22. The Kier molecular flexibility index (Phi) is 20.9. The van der Waals surface area contributed by atoms with E-state index in [1.165, 1.54) is 46.0 Å². The van der Waals surface area contributed by atoms with E-state index in [2.05, 4.69) is 51.4 Å². The molecule has 0 bridgehead atoms. The van der Waals surface area contributed by atoms with Crippen LogP contribution >= 0.6 is 69.6 Å². The van der Waals surface area contributed by atoms with Crippen molar-refractivity contribution in [3.05, 3.63) is 150 Å². The first-order chi connectivity index (χ1) is 42.6. The average molecular weight is 1360 g/mol. The van der Waals surface area contributed by atoms with Crippen LogP contribution in [0.25, 0.3) is 33.9 Å². The molecule has 24 nitrogen and oxygen atoms in total. The summed E-state index contributed by atoms with van der Waals surface area (Å²) >= 11 is 37.5. The highest BCUT2D eigenvalue weighted by Crippen LogP contribution is 2.44. The number of benzene rings is 4. The summed E-state index contributed by atoms with van der Waals surface area (Å²) in [5.74, 6) is -4.86. The van der Waals surface area contributed by atoms with Crippen LogP contribution in [0.3, 0.4) is 0 Å². The van der Waals surface area contributed by atoms with E-state index in [9.17, 15) is 47.6 Å². The van der Waals surface area contributed by atoms with Crippen LogP contribution in [0.15, 0.2) is 73.1 Å². The number of aryl methyl sites for hydroxylation is 2. The zero-order valence-electron chi connectivity index (χ0n) is 46.5. The highest BCUT2D eigenvalue weighted by molar-refractivity contribution is 6.35. The first-order valence-electron chi connectivity index (χ1n) is 27.2. The molecule has 0 spiro atoms. The first-order valence-corrected chi connectivity index (χ1v) is 29.5. The van der Waals surface area contributed by atoms with Gasteiger partial charge in [-0.1, -0.05) is 80.0 Å². The molecule has 4 aromatic heterocycles. The van der Waals surface area contributed by atoms with Gasteiger partial charge in [0.25, 0.3) is 0 Å². The van der Waals surface area contributed by atoms with Gasteiger partial charge in [0.15, 0.2) is 11.6 Å². The van der Waals surface area contributed by atoms with Crippen molar-refractivity contribution in [2.45, 2.75) is 94.0 Å². The van der Waals surface area contributed by atoms with Crippen molar-refractivity contribution < 1.29 is 66.5 Å². The second-order valence-corrected chi connectivity index (χ2v) is 23.0. The smallest absolute Gasteiger partial charge is 0.246 e. The molecule has 2 saturated heterocycles. The second kappa shape index (κ2) is 28.4. The van der Waals surface area contributed by atoms with E-state index in [-0.39, 0.29) is 80.3 Å². The van der Waals surface area contributed by atoms with Crippen LogP contribution in [0.1, 0.15) is 66.9 Å². The maximum absolute atomic E-state index is 14.6. The molecular formula is C55H52Cl6F4N14O10. The Morgan fingerprint density at radius 1 is 0.584 bits per heavy atom. The lowest BCUT2D eigenvalue weighted by molar-refractivity contribution is -0.223. The minimum absolute atomic E-state index is 0.0364. The molecule has 0 saturated carbocycles. The molecule has 10 atom stereocenters. The largest absolute Gasteiger partial charge is 0.394 e. The predicted molar refractivity (Wildman–Crippen MR) is 312 cm³/mol. The van der Waals surface area contributed by atoms with Crippen molar-refractivity contribution in [1.82, 2.24) is 70.2 Å². The minimum atomic E-state index is -1.60. The highest BCUT2D eigenvalue weighted by atomic mass is 35.5. The Morgan fingerprint density at radius 3 is 1.34 bits per heavy atom. The number of nitrogens with one attached hydrogen (secondary N) is 2. The number of carbonyl (C=O) groups is 2. The third-order valence-electron chi connectivity index (χ3n) is 14.5. The van der Waals surface area contributed by atoms with Crippen LogP contribution in [0.4, 0.5) is 17.6 Å². The van der Waals surface area contributed by atoms with Crippen molar-refractivity contribution in [1.29, 1.82) is 0 Å². The number of halogens is 10. The van der Waals surface area contributed by atoms with E-state index < -0.39 is 132 Å². The van der Waals surface area contributed by atoms with Crippen molar-refractivity contribution in [3.63, 3.8) is 0 Å². The molecule has 2 aliphatic heterocycles. The van der Waals surface area contributed by atoms with Gasteiger partial charge in [0.2, 0.25) is 11.8 Å². The number of hydrogen-bond donors (Lipinski definition) is 6. The number of aromatic nitrogens is 12. The fraction of sp³-hybridized carbons (Fsp3) is 0.382. The molecule has 2 fully saturated rings. The molecule has 6 N–H and O–H groups in total. The third kappa shape index (κ3) is 14.4. The van der Waals surface area contributed by atoms with Gasteiger partial charge in [-0.05, 0) is 93.8 Å². The number of aliphatic hydroxyl groups excluding tert-OH is 4. The van der Waals surface area contributed by atoms with Crippen LogP contribution in [-0.2, 0) is 28.5 Å². The summed E-state index contributed by atoms with van der Waals surface area (Å²) in [6.45, 7) is 0.750. The number of ether oxygens (including phenoxy) is 4. The SMILES string of the molecule is Cc1nc(C2OC(CO)C(O)C(n3cc(-c4cc(F)c(Cl)c(F)c4)nn3)C2OCC(=O)NCCCCCNC(=O)COC2C(c3nc(C)nn3-c3cc(Cl)ccc3Cl)OC(CO)C(O)C2n2cc(-c3cc(F)c(Cl)c(F)c3)nn2)n(-c2cc(Cl)ccc2Cl)n1. The van der Waals surface area contributed by atoms with Gasteiger partial charge in [-0.25, -0.2) is 46.3 Å². The van der Waals surface area contributed by atoms with Crippen molar-refractivity contribution in [2.75, 3.05) is 39.5 Å². The van der Waals surface area contributed by atoms with Gasteiger partial charge in [0.05, 0.1) is 47.0 Å². The van der Waals surface area contributed by atoms with Crippen LogP contribution in [0, 0.1) is 37.1 Å². The zero-order chi connectivity index (χ0) is 63.5. The molecule has 472 valence electrons. The van der Waals surface area contributed by atoms with E-state index in [0.29, 0.717) is 29.3 Å². The molecule has 0 aliphatic carbocycles. The van der Waals surface area contributed by atoms with Crippen LogP contribution in [-0.4, -0.2) is 168 Å². The lowest BCUT2D eigenvalue weighted by Gasteiger charge is -2.43. The summed E-state index contributed by atoms with van der Waals surface area (Å²) in [6, 6.07) is 10.4. The van der Waals surface area contributed by atoms with E-state index in [0.717, 1.165) is 33.6 Å². The summed E-state index contributed by atoms with van der Waals surface area (Å²) in [5.41, 5.74) is 0.391. The number of hydrogen-bond acceptors (Lipinski definition) is 18. The Labute approximate surface area is 532 Å². The molecule has 2 aliphatic rings. The van der Waals surface area contributed by atoms with Crippen LogP contribution in [0.5, 0.6) is 0 Å². The van der Waals surface area contributed by atoms with Gasteiger partial charge in [0.1, 0.15) is 130 Å². The number of carbonyl (C=O) groups excluding carboxylic acids is 2. The van der Waals surface area contributed by atoms with Gasteiger partial charge >= 0.3 is 0 Å². The van der Waals surface area contributed by atoms with Gasteiger partial charge in [-0.3, -0.25) is 9.59 Å². The average Bonchev–Trinajstić information content (AvgIpc) is 1.77. The summed E-state index contributed by atoms with van der Waals surface area (Å²) in [4.78, 5) is 36.4. The Morgan fingerprint density at radius 2 is 0.966 bits per heavy atom. The van der Waals surface area contributed by atoms with Crippen molar-refractivity contribution >= 4 is 81.4 Å². The lowest BCUT2D eigenvalue weighted by atomic mass is 9.91. The lowest BCUT2D eigenvalue weighted by Crippen LogP contribution is -2.54. The molecule has 89 heavy (non-hydrogen) atoms. The topological polar surface area (TPSA) is 299 Å². The Bertz CT molecular complexity index is 3600. The van der Waals surface area contributed by atoms with E-state index in [1.807, 2.05) is 0 Å². The van der Waals surface area contributed by atoms with Crippen molar-refractivity contribution in [3.8, 4) is 33.9 Å². The third-order valence-corrected chi connectivity index (χ3v) is 16.3.